The fourth-order valence-electron chi connectivity index (χ4n) is 2.98. The minimum absolute atomic E-state index is 0. The molecule has 1 aliphatic carbocycles. The summed E-state index contributed by atoms with van der Waals surface area (Å²) in [5.74, 6) is 0.487. The van der Waals surface area contributed by atoms with Gasteiger partial charge in [-0.3, -0.25) is 0 Å². The second-order valence-corrected chi connectivity index (χ2v) is 5.68. The van der Waals surface area contributed by atoms with Crippen molar-refractivity contribution in [1.29, 1.82) is 0 Å². The monoisotopic (exact) mass is 413 g/mol. The van der Waals surface area contributed by atoms with Gasteiger partial charge in [0, 0.05) is 5.69 Å². The highest BCUT2D eigenvalue weighted by molar-refractivity contribution is 14.0. The van der Waals surface area contributed by atoms with Gasteiger partial charge >= 0.3 is 0 Å². The molecule has 0 amide bonds. The highest BCUT2D eigenvalue weighted by atomic mass is 127. The van der Waals surface area contributed by atoms with E-state index in [1.807, 2.05) is 0 Å². The van der Waals surface area contributed by atoms with Crippen LogP contribution in [0.15, 0.2) is 34.8 Å². The third-order valence-corrected chi connectivity index (χ3v) is 4.09. The van der Waals surface area contributed by atoms with Crippen molar-refractivity contribution in [2.75, 3.05) is 25.1 Å². The normalized spacial score (nSPS) is 18.0. The van der Waals surface area contributed by atoms with E-state index >= 15 is 0 Å². The average Bonchev–Trinajstić information content (AvgIpc) is 2.54. The lowest BCUT2D eigenvalue weighted by atomic mass is 9.90. The molecular formula is C17H24IN3O. The maximum Gasteiger partial charge on any atom is 0.193 e. The Bertz CT molecular complexity index is 569. The number of nitrogens with two attached hydrogens (primary N) is 1. The fourth-order valence-corrected chi connectivity index (χ4v) is 2.98. The smallest absolute Gasteiger partial charge is 0.193 e. The van der Waals surface area contributed by atoms with Crippen LogP contribution in [-0.4, -0.2) is 25.7 Å². The Morgan fingerprint density at radius 3 is 2.95 bits per heavy atom. The van der Waals surface area contributed by atoms with Crippen LogP contribution in [0.25, 0.3) is 0 Å². The molecule has 22 heavy (non-hydrogen) atoms. The molecule has 0 aromatic heterocycles. The molecule has 3 rings (SSSR count). The first-order valence-electron chi connectivity index (χ1n) is 7.76. The van der Waals surface area contributed by atoms with Crippen molar-refractivity contribution >= 4 is 35.6 Å². The lowest BCUT2D eigenvalue weighted by Crippen LogP contribution is -2.25. The predicted octanol–water partition coefficient (Wildman–Crippen LogP) is 3.26. The lowest BCUT2D eigenvalue weighted by molar-refractivity contribution is 0.150. The zero-order chi connectivity index (χ0) is 14.5. The minimum atomic E-state index is 0. The molecule has 4 nitrogen and oxygen atoms in total. The van der Waals surface area contributed by atoms with Crippen LogP contribution in [0.5, 0.6) is 0 Å². The highest BCUT2D eigenvalue weighted by Gasteiger charge is 2.13. The second kappa shape index (κ2) is 8.53. The number of aliphatic imine (C=N–C) groups is 1. The topological polar surface area (TPSA) is 59.6 Å². The van der Waals surface area contributed by atoms with Crippen LogP contribution in [-0.2, 0) is 17.6 Å². The molecule has 0 fully saturated rings. The van der Waals surface area contributed by atoms with Gasteiger partial charge in [-0.2, -0.15) is 0 Å². The number of rotatable bonds is 3. The molecule has 0 saturated heterocycles. The van der Waals surface area contributed by atoms with Gasteiger partial charge < -0.3 is 15.8 Å². The molecule has 1 heterocycles. The summed E-state index contributed by atoms with van der Waals surface area (Å²) in [6.45, 7) is 2.11. The van der Waals surface area contributed by atoms with Gasteiger partial charge in [-0.15, -0.1) is 24.0 Å². The second-order valence-electron chi connectivity index (χ2n) is 5.68. The number of aryl methyl sites for hydroxylation is 1. The Morgan fingerprint density at radius 2 is 2.14 bits per heavy atom. The number of anilines is 1. The summed E-state index contributed by atoms with van der Waals surface area (Å²) >= 11 is 0. The van der Waals surface area contributed by atoms with Gasteiger partial charge in [-0.05, 0) is 54.9 Å². The van der Waals surface area contributed by atoms with Crippen LogP contribution < -0.4 is 11.1 Å². The number of guanidine groups is 1. The summed E-state index contributed by atoms with van der Waals surface area (Å²) in [6.07, 6.45) is 8.02. The van der Waals surface area contributed by atoms with Gasteiger partial charge in [0.15, 0.2) is 5.96 Å². The lowest BCUT2D eigenvalue weighted by Gasteiger charge is -2.20. The first kappa shape index (κ1) is 17.3. The molecule has 0 saturated carbocycles. The van der Waals surface area contributed by atoms with Crippen LogP contribution in [0, 0.1) is 0 Å². The molecule has 1 aromatic rings. The molecule has 0 radical (unpaired) electrons. The molecule has 0 atom stereocenters. The first-order chi connectivity index (χ1) is 10.3. The van der Waals surface area contributed by atoms with E-state index in [0.29, 0.717) is 19.1 Å². The van der Waals surface area contributed by atoms with E-state index in [0.717, 1.165) is 25.1 Å². The summed E-state index contributed by atoms with van der Waals surface area (Å²) in [5.41, 5.74) is 11.2. The predicted molar refractivity (Wildman–Crippen MR) is 102 cm³/mol. The highest BCUT2D eigenvalue weighted by Crippen LogP contribution is 2.27. The van der Waals surface area contributed by atoms with E-state index in [9.17, 15) is 0 Å². The molecular weight excluding hydrogens is 389 g/mol. The number of hydrogen-bond donors (Lipinski definition) is 2. The number of benzene rings is 1. The van der Waals surface area contributed by atoms with Crippen molar-refractivity contribution in [3.05, 3.63) is 41.0 Å². The van der Waals surface area contributed by atoms with E-state index in [2.05, 4.69) is 34.6 Å². The van der Waals surface area contributed by atoms with E-state index in [-0.39, 0.29) is 24.0 Å². The van der Waals surface area contributed by atoms with E-state index in [1.165, 1.54) is 36.0 Å². The van der Waals surface area contributed by atoms with Crippen molar-refractivity contribution < 1.29 is 4.74 Å². The van der Waals surface area contributed by atoms with Crippen molar-refractivity contribution in [2.24, 2.45) is 10.7 Å². The van der Waals surface area contributed by atoms with Gasteiger partial charge in [0.1, 0.15) is 0 Å². The third-order valence-electron chi connectivity index (χ3n) is 4.09. The Morgan fingerprint density at radius 1 is 1.27 bits per heavy atom. The van der Waals surface area contributed by atoms with Gasteiger partial charge in [-0.1, -0.05) is 18.2 Å². The molecule has 2 aliphatic rings. The van der Waals surface area contributed by atoms with E-state index in [1.54, 1.807) is 0 Å². The largest absolute Gasteiger partial charge is 0.377 e. The molecule has 120 valence electrons. The Balaban J connectivity index is 0.00000176. The zero-order valence-corrected chi connectivity index (χ0v) is 15.1. The summed E-state index contributed by atoms with van der Waals surface area (Å²) in [6, 6.07) is 6.41. The van der Waals surface area contributed by atoms with Crippen LogP contribution in [0.4, 0.5) is 5.69 Å². The fraction of sp³-hybridized carbons (Fsp3) is 0.471. The first-order valence-corrected chi connectivity index (χ1v) is 7.76. The van der Waals surface area contributed by atoms with Crippen LogP contribution in [0.3, 0.4) is 0 Å². The van der Waals surface area contributed by atoms with Gasteiger partial charge in [0.05, 0.1) is 19.8 Å². The molecule has 0 spiro atoms. The molecule has 1 aromatic carbocycles. The number of ether oxygens (including phenoxy) is 1. The quantitative estimate of drug-likeness (QED) is 0.346. The maximum absolute atomic E-state index is 6.03. The summed E-state index contributed by atoms with van der Waals surface area (Å²) in [5, 5.41) is 3.27. The van der Waals surface area contributed by atoms with E-state index < -0.39 is 0 Å². The Hall–Kier alpha value is -1.08. The Kier molecular flexibility index (Phi) is 6.70. The number of nitrogens with one attached hydrogen (secondary N) is 1. The van der Waals surface area contributed by atoms with Crippen molar-refractivity contribution in [1.82, 2.24) is 0 Å². The summed E-state index contributed by atoms with van der Waals surface area (Å²) in [4.78, 5) is 4.43. The molecule has 0 unspecified atom stereocenters. The van der Waals surface area contributed by atoms with E-state index in [4.69, 9.17) is 10.5 Å². The molecule has 3 N–H and O–H groups in total. The molecule has 1 aliphatic heterocycles. The molecule has 5 heteroatoms. The van der Waals surface area contributed by atoms with Crippen LogP contribution in [0.2, 0.25) is 0 Å². The summed E-state index contributed by atoms with van der Waals surface area (Å²) < 4.78 is 5.41. The maximum atomic E-state index is 6.03. The van der Waals surface area contributed by atoms with Crippen LogP contribution >= 0.6 is 24.0 Å². The minimum Gasteiger partial charge on any atom is -0.377 e. The third kappa shape index (κ3) is 4.46. The number of nitrogens with zero attached hydrogens (tertiary/aromatic N) is 1. The zero-order valence-electron chi connectivity index (χ0n) is 12.8. The van der Waals surface area contributed by atoms with Crippen LogP contribution in [0.1, 0.15) is 30.4 Å². The molecule has 0 bridgehead atoms. The van der Waals surface area contributed by atoms with Gasteiger partial charge in [0.2, 0.25) is 0 Å². The van der Waals surface area contributed by atoms with Crippen molar-refractivity contribution in [2.45, 2.75) is 32.1 Å². The average molecular weight is 413 g/mol. The van der Waals surface area contributed by atoms with Gasteiger partial charge in [-0.25, -0.2) is 4.99 Å². The summed E-state index contributed by atoms with van der Waals surface area (Å²) in [7, 11) is 0. The number of halogens is 1. The number of fused-ring (bicyclic) bond motifs is 1. The van der Waals surface area contributed by atoms with Crippen molar-refractivity contribution in [3.63, 3.8) is 0 Å². The number of hydrogen-bond acceptors (Lipinski definition) is 2. The Labute approximate surface area is 149 Å². The van der Waals surface area contributed by atoms with Crippen molar-refractivity contribution in [3.8, 4) is 0 Å². The van der Waals surface area contributed by atoms with Gasteiger partial charge in [0.25, 0.3) is 0 Å². The standard InChI is InChI=1S/C17H23N3O.HI/c18-17(19-11-13-5-4-10-21-12-13)20-16-9-3-7-14-6-1-2-8-15(14)16;/h3,5,7,9H,1-2,4,6,8,10-12H2,(H3,18,19,20);1H. The SMILES string of the molecule is I.NC(=NCC1=CCCOC1)Nc1cccc2c1CCCC2.